The highest BCUT2D eigenvalue weighted by Crippen LogP contribution is 2.35. The molecule has 0 unspecified atom stereocenters. The lowest BCUT2D eigenvalue weighted by Crippen LogP contribution is -2.33. The molecule has 1 amide bonds. The number of aromatic nitrogens is 2. The van der Waals surface area contributed by atoms with E-state index in [1.165, 1.54) is 32.8 Å². The lowest BCUT2D eigenvalue weighted by atomic mass is 9.89. The quantitative estimate of drug-likeness (QED) is 0.676. The highest BCUT2D eigenvalue weighted by atomic mass is 32.1. The van der Waals surface area contributed by atoms with Crippen molar-refractivity contribution in [1.82, 2.24) is 14.5 Å². The molecule has 1 aliphatic rings. The number of aryl methyl sites for hydroxylation is 1. The third-order valence-electron chi connectivity index (χ3n) is 5.32. The van der Waals surface area contributed by atoms with Crippen LogP contribution in [0.3, 0.4) is 0 Å². The van der Waals surface area contributed by atoms with Crippen molar-refractivity contribution in [2.45, 2.75) is 39.3 Å². The predicted molar refractivity (Wildman–Crippen MR) is 108 cm³/mol. The second-order valence-corrected chi connectivity index (χ2v) is 8.67. The predicted octanol–water partition coefficient (Wildman–Crippen LogP) is 3.38. The molecule has 2 heterocycles. The van der Waals surface area contributed by atoms with Crippen LogP contribution in [-0.4, -0.2) is 27.4 Å². The van der Waals surface area contributed by atoms with Crippen molar-refractivity contribution in [3.05, 3.63) is 62.8 Å². The molecule has 0 saturated heterocycles. The zero-order valence-electron chi connectivity index (χ0n) is 15.9. The summed E-state index contributed by atoms with van der Waals surface area (Å²) < 4.78 is 14.7. The number of nitrogens with zero attached hydrogens (tertiary/aromatic N) is 3. The molecular weight excluding hydrogens is 377 g/mol. The van der Waals surface area contributed by atoms with E-state index in [1.807, 2.05) is 0 Å². The van der Waals surface area contributed by atoms with Gasteiger partial charge in [0.1, 0.15) is 17.2 Å². The van der Waals surface area contributed by atoms with Crippen molar-refractivity contribution in [3.63, 3.8) is 0 Å². The number of hydrogen-bond acceptors (Lipinski definition) is 4. The number of amides is 1. The normalized spacial score (nSPS) is 16.2. The van der Waals surface area contributed by atoms with E-state index in [0.717, 1.165) is 29.7 Å². The van der Waals surface area contributed by atoms with Crippen LogP contribution in [0.1, 0.15) is 29.3 Å². The number of carbonyl (C=O) groups is 1. The van der Waals surface area contributed by atoms with Gasteiger partial charge in [0.05, 0.1) is 11.7 Å². The first-order chi connectivity index (χ1) is 13.4. The van der Waals surface area contributed by atoms with Crippen LogP contribution in [-0.2, 0) is 30.7 Å². The topological polar surface area (TPSA) is 55.2 Å². The minimum absolute atomic E-state index is 0.0748. The maximum Gasteiger partial charge on any atom is 0.262 e. The summed E-state index contributed by atoms with van der Waals surface area (Å²) in [5, 5.41) is 0.676. The number of rotatable bonds is 4. The summed E-state index contributed by atoms with van der Waals surface area (Å²) in [6.07, 6.45) is 4.42. The van der Waals surface area contributed by atoms with E-state index in [4.69, 9.17) is 0 Å². The maximum absolute atomic E-state index is 13.3. The third-order valence-corrected chi connectivity index (χ3v) is 6.48. The van der Waals surface area contributed by atoms with E-state index in [-0.39, 0.29) is 30.4 Å². The van der Waals surface area contributed by atoms with Crippen LogP contribution in [0.5, 0.6) is 0 Å². The molecule has 7 heteroatoms. The van der Waals surface area contributed by atoms with E-state index >= 15 is 0 Å². The maximum atomic E-state index is 13.3. The van der Waals surface area contributed by atoms with Crippen LogP contribution >= 0.6 is 11.3 Å². The largest absolute Gasteiger partial charge is 0.340 e. The van der Waals surface area contributed by atoms with E-state index in [9.17, 15) is 14.0 Å². The molecule has 1 aliphatic carbocycles. The lowest BCUT2D eigenvalue weighted by Gasteiger charge is -2.18. The Morgan fingerprint density at radius 3 is 3.04 bits per heavy atom. The Morgan fingerprint density at radius 2 is 2.25 bits per heavy atom. The van der Waals surface area contributed by atoms with E-state index in [2.05, 4.69) is 11.9 Å². The Labute approximate surface area is 166 Å². The number of likely N-dealkylation sites (N-methyl/N-ethyl adjacent to an activating group) is 1. The van der Waals surface area contributed by atoms with Gasteiger partial charge in [0.25, 0.3) is 5.56 Å². The molecule has 28 heavy (non-hydrogen) atoms. The average molecular weight is 399 g/mol. The second-order valence-electron chi connectivity index (χ2n) is 7.59. The van der Waals surface area contributed by atoms with Crippen molar-refractivity contribution in [2.75, 3.05) is 7.05 Å². The number of fused-ring (bicyclic) bond motifs is 3. The molecule has 146 valence electrons. The Bertz CT molecular complexity index is 1100. The molecule has 1 aromatic carbocycles. The zero-order valence-corrected chi connectivity index (χ0v) is 16.8. The first-order valence-corrected chi connectivity index (χ1v) is 10.2. The second kappa shape index (κ2) is 7.47. The summed E-state index contributed by atoms with van der Waals surface area (Å²) in [6, 6.07) is 6.16. The molecular formula is C21H22FN3O2S. The van der Waals surface area contributed by atoms with E-state index in [0.29, 0.717) is 16.9 Å². The van der Waals surface area contributed by atoms with Gasteiger partial charge in [-0.15, -0.1) is 11.3 Å². The summed E-state index contributed by atoms with van der Waals surface area (Å²) in [5.41, 5.74) is 1.67. The van der Waals surface area contributed by atoms with Gasteiger partial charge in [0.2, 0.25) is 5.91 Å². The Hall–Kier alpha value is -2.54. The van der Waals surface area contributed by atoms with Crippen LogP contribution in [0.15, 0.2) is 35.4 Å². The van der Waals surface area contributed by atoms with Gasteiger partial charge in [-0.05, 0) is 48.4 Å². The summed E-state index contributed by atoms with van der Waals surface area (Å²) in [5.74, 6) is 0.0758. The third kappa shape index (κ3) is 3.58. The number of hydrogen-bond donors (Lipinski definition) is 0. The van der Waals surface area contributed by atoms with Crippen LogP contribution in [0.2, 0.25) is 0 Å². The summed E-state index contributed by atoms with van der Waals surface area (Å²) in [7, 11) is 1.65. The van der Waals surface area contributed by atoms with Crippen LogP contribution < -0.4 is 5.56 Å². The molecule has 3 aromatic rings. The van der Waals surface area contributed by atoms with Crippen LogP contribution in [0.4, 0.5) is 4.39 Å². The van der Waals surface area contributed by atoms with Gasteiger partial charge < -0.3 is 4.90 Å². The molecule has 1 atom stereocenters. The van der Waals surface area contributed by atoms with Gasteiger partial charge in [-0.3, -0.25) is 14.2 Å². The monoisotopic (exact) mass is 399 g/mol. The van der Waals surface area contributed by atoms with E-state index < -0.39 is 0 Å². The van der Waals surface area contributed by atoms with Crippen molar-refractivity contribution in [2.24, 2.45) is 5.92 Å². The van der Waals surface area contributed by atoms with Gasteiger partial charge >= 0.3 is 0 Å². The number of halogens is 1. The van der Waals surface area contributed by atoms with Crippen molar-refractivity contribution in [1.29, 1.82) is 0 Å². The first-order valence-electron chi connectivity index (χ1n) is 9.40. The SMILES string of the molecule is C[C@@H]1CCc2c(sc3ncn(CC(=O)N(C)Cc4cccc(F)c4)c(=O)c23)C1. The Balaban J connectivity index is 1.57. The smallest absolute Gasteiger partial charge is 0.262 e. The minimum Gasteiger partial charge on any atom is -0.340 e. The van der Waals surface area contributed by atoms with Gasteiger partial charge in [-0.1, -0.05) is 19.1 Å². The van der Waals surface area contributed by atoms with Crippen LogP contribution in [0, 0.1) is 11.7 Å². The van der Waals surface area contributed by atoms with Gasteiger partial charge in [-0.2, -0.15) is 0 Å². The molecule has 2 aromatic heterocycles. The van der Waals surface area contributed by atoms with E-state index in [1.54, 1.807) is 30.5 Å². The molecule has 0 N–H and O–H groups in total. The summed E-state index contributed by atoms with van der Waals surface area (Å²) in [4.78, 5) is 33.6. The highest BCUT2D eigenvalue weighted by molar-refractivity contribution is 7.18. The van der Waals surface area contributed by atoms with Gasteiger partial charge in [0.15, 0.2) is 0 Å². The standard InChI is InChI=1S/C21H22FN3O2S/c1-13-6-7-16-17(8-13)28-20-19(16)21(27)25(12-23-20)11-18(26)24(2)10-14-4-3-5-15(22)9-14/h3-5,9,12-13H,6-8,10-11H2,1-2H3/t13-/m1/s1. The fourth-order valence-corrected chi connectivity index (χ4v) is 5.08. The van der Waals surface area contributed by atoms with Crippen molar-refractivity contribution in [3.8, 4) is 0 Å². The van der Waals surface area contributed by atoms with Gasteiger partial charge in [-0.25, -0.2) is 9.37 Å². The Morgan fingerprint density at radius 1 is 1.43 bits per heavy atom. The number of thiophene rings is 1. The summed E-state index contributed by atoms with van der Waals surface area (Å²) >= 11 is 1.60. The molecule has 0 fully saturated rings. The Kier molecular flexibility index (Phi) is 5.02. The average Bonchev–Trinajstić information content (AvgIpc) is 3.02. The fraction of sp³-hybridized carbons (Fsp3) is 0.381. The zero-order chi connectivity index (χ0) is 19.8. The van der Waals surface area contributed by atoms with Gasteiger partial charge in [0, 0.05) is 18.5 Å². The molecule has 0 aliphatic heterocycles. The molecule has 0 bridgehead atoms. The minimum atomic E-state index is -0.333. The highest BCUT2D eigenvalue weighted by Gasteiger charge is 2.23. The number of carbonyl (C=O) groups excluding carboxylic acids is 1. The molecule has 4 rings (SSSR count). The van der Waals surface area contributed by atoms with Crippen molar-refractivity contribution >= 4 is 27.5 Å². The van der Waals surface area contributed by atoms with Crippen LogP contribution in [0.25, 0.3) is 10.2 Å². The first kappa shape index (κ1) is 18.8. The molecule has 0 saturated carbocycles. The van der Waals surface area contributed by atoms with Crippen molar-refractivity contribution < 1.29 is 9.18 Å². The molecule has 0 radical (unpaired) electrons. The summed E-state index contributed by atoms with van der Waals surface area (Å²) in [6.45, 7) is 2.44. The molecule has 5 nitrogen and oxygen atoms in total. The molecule has 0 spiro atoms. The lowest BCUT2D eigenvalue weighted by molar-refractivity contribution is -0.131. The fourth-order valence-electron chi connectivity index (χ4n) is 3.74. The number of benzene rings is 1.